The lowest BCUT2D eigenvalue weighted by molar-refractivity contribution is 0.533. The van der Waals surface area contributed by atoms with Crippen molar-refractivity contribution >= 4 is 23.2 Å². The maximum Gasteiger partial charge on any atom is 0.0624 e. The number of hydrogen-bond acceptors (Lipinski definition) is 1. The van der Waals surface area contributed by atoms with Crippen molar-refractivity contribution in [3.63, 3.8) is 0 Å². The van der Waals surface area contributed by atoms with Gasteiger partial charge in [-0.2, -0.15) is 0 Å². The second kappa shape index (κ2) is 7.12. The van der Waals surface area contributed by atoms with Crippen molar-refractivity contribution in [2.24, 2.45) is 11.7 Å². The molecule has 0 saturated carbocycles. The second-order valence-electron chi connectivity index (χ2n) is 5.21. The Bertz CT molecular complexity index is 564. The Balaban J connectivity index is 2.09. The van der Waals surface area contributed by atoms with Gasteiger partial charge in [-0.3, -0.25) is 0 Å². The second-order valence-corrected chi connectivity index (χ2v) is 5.99. The van der Waals surface area contributed by atoms with Crippen LogP contribution in [-0.4, -0.2) is 6.54 Å². The third kappa shape index (κ3) is 3.99. The Morgan fingerprint density at radius 1 is 1.00 bits per heavy atom. The monoisotopic (exact) mass is 307 g/mol. The highest BCUT2D eigenvalue weighted by Crippen LogP contribution is 2.28. The van der Waals surface area contributed by atoms with Gasteiger partial charge in [-0.1, -0.05) is 65.2 Å². The fourth-order valence-corrected chi connectivity index (χ4v) is 2.71. The summed E-state index contributed by atoms with van der Waals surface area (Å²) >= 11 is 12.3. The summed E-state index contributed by atoms with van der Waals surface area (Å²) in [6.07, 6.45) is 1.81. The summed E-state index contributed by atoms with van der Waals surface area (Å²) in [7, 11) is 0. The maximum absolute atomic E-state index is 6.25. The topological polar surface area (TPSA) is 26.0 Å². The molecule has 0 spiro atoms. The average Bonchev–Trinajstić information content (AvgIpc) is 2.45. The standard InChI is InChI=1S/C17H19Cl2N/c1-12-5-7-13(8-6-12)9-14(11-20)10-15-3-2-4-16(18)17(15)19/h2-8,14H,9-11,20H2,1H3. The predicted octanol–water partition coefficient (Wildman–Crippen LogP) is 4.66. The van der Waals surface area contributed by atoms with Gasteiger partial charge < -0.3 is 5.73 Å². The summed E-state index contributed by atoms with van der Waals surface area (Å²) in [4.78, 5) is 0. The van der Waals surface area contributed by atoms with E-state index in [0.717, 1.165) is 18.4 Å². The largest absolute Gasteiger partial charge is 0.330 e. The molecule has 0 aliphatic carbocycles. The van der Waals surface area contributed by atoms with Crippen LogP contribution in [0.25, 0.3) is 0 Å². The van der Waals surface area contributed by atoms with Gasteiger partial charge in [0.2, 0.25) is 0 Å². The summed E-state index contributed by atoms with van der Waals surface area (Å²) < 4.78 is 0. The fourth-order valence-electron chi connectivity index (χ4n) is 2.31. The van der Waals surface area contributed by atoms with E-state index in [1.165, 1.54) is 11.1 Å². The van der Waals surface area contributed by atoms with E-state index in [0.29, 0.717) is 22.5 Å². The lowest BCUT2D eigenvalue weighted by Crippen LogP contribution is -2.19. The number of aryl methyl sites for hydroxylation is 1. The van der Waals surface area contributed by atoms with Gasteiger partial charge in [0.05, 0.1) is 10.0 Å². The van der Waals surface area contributed by atoms with Crippen LogP contribution in [0.3, 0.4) is 0 Å². The van der Waals surface area contributed by atoms with Gasteiger partial charge in [0.1, 0.15) is 0 Å². The number of halogens is 2. The molecule has 20 heavy (non-hydrogen) atoms. The SMILES string of the molecule is Cc1ccc(CC(CN)Cc2cccc(Cl)c2Cl)cc1. The highest BCUT2D eigenvalue weighted by Gasteiger charge is 2.12. The van der Waals surface area contributed by atoms with E-state index in [9.17, 15) is 0 Å². The van der Waals surface area contributed by atoms with E-state index in [4.69, 9.17) is 28.9 Å². The highest BCUT2D eigenvalue weighted by atomic mass is 35.5. The van der Waals surface area contributed by atoms with E-state index in [2.05, 4.69) is 31.2 Å². The zero-order valence-corrected chi connectivity index (χ0v) is 13.1. The summed E-state index contributed by atoms with van der Waals surface area (Å²) in [5, 5.41) is 1.26. The smallest absolute Gasteiger partial charge is 0.0624 e. The highest BCUT2D eigenvalue weighted by molar-refractivity contribution is 6.42. The Kier molecular flexibility index (Phi) is 5.47. The van der Waals surface area contributed by atoms with Gasteiger partial charge in [-0.05, 0) is 49.4 Å². The van der Waals surface area contributed by atoms with Crippen molar-refractivity contribution in [2.45, 2.75) is 19.8 Å². The van der Waals surface area contributed by atoms with Gasteiger partial charge in [-0.25, -0.2) is 0 Å². The number of nitrogens with two attached hydrogens (primary N) is 1. The molecule has 0 aliphatic heterocycles. The Hall–Kier alpha value is -1.02. The molecule has 2 N–H and O–H groups in total. The van der Waals surface area contributed by atoms with Crippen LogP contribution >= 0.6 is 23.2 Å². The van der Waals surface area contributed by atoms with Crippen molar-refractivity contribution < 1.29 is 0 Å². The molecule has 1 unspecified atom stereocenters. The quantitative estimate of drug-likeness (QED) is 0.854. The molecule has 0 amide bonds. The third-order valence-corrected chi connectivity index (χ3v) is 4.38. The first-order valence-electron chi connectivity index (χ1n) is 6.78. The van der Waals surface area contributed by atoms with Gasteiger partial charge in [-0.15, -0.1) is 0 Å². The molecule has 0 aromatic heterocycles. The van der Waals surface area contributed by atoms with E-state index in [-0.39, 0.29) is 0 Å². The Labute approximate surface area is 130 Å². The lowest BCUT2D eigenvalue weighted by Gasteiger charge is -2.16. The minimum atomic E-state index is 0.369. The van der Waals surface area contributed by atoms with Gasteiger partial charge in [0, 0.05) is 0 Å². The first-order chi connectivity index (χ1) is 9.60. The van der Waals surface area contributed by atoms with Crippen LogP contribution < -0.4 is 5.73 Å². The van der Waals surface area contributed by atoms with E-state index in [1.807, 2.05) is 18.2 Å². The molecule has 106 valence electrons. The molecular formula is C17H19Cl2N. The lowest BCUT2D eigenvalue weighted by atomic mass is 9.92. The van der Waals surface area contributed by atoms with Crippen molar-refractivity contribution in [3.05, 3.63) is 69.2 Å². The maximum atomic E-state index is 6.25. The molecule has 1 nitrogen and oxygen atoms in total. The first-order valence-corrected chi connectivity index (χ1v) is 7.54. The minimum Gasteiger partial charge on any atom is -0.330 e. The third-order valence-electron chi connectivity index (χ3n) is 3.52. The number of rotatable bonds is 5. The molecule has 0 fully saturated rings. The van der Waals surface area contributed by atoms with Crippen molar-refractivity contribution in [2.75, 3.05) is 6.54 Å². The molecule has 0 bridgehead atoms. The van der Waals surface area contributed by atoms with Crippen molar-refractivity contribution in [3.8, 4) is 0 Å². The van der Waals surface area contributed by atoms with Crippen LogP contribution in [-0.2, 0) is 12.8 Å². The summed E-state index contributed by atoms with van der Waals surface area (Å²) in [6.45, 7) is 2.73. The van der Waals surface area contributed by atoms with Gasteiger partial charge in [0.25, 0.3) is 0 Å². The average molecular weight is 308 g/mol. The van der Waals surface area contributed by atoms with Crippen LogP contribution in [0, 0.1) is 12.8 Å². The zero-order valence-electron chi connectivity index (χ0n) is 11.6. The molecule has 2 aromatic carbocycles. The Morgan fingerprint density at radius 2 is 1.70 bits per heavy atom. The predicted molar refractivity (Wildman–Crippen MR) is 87.6 cm³/mol. The van der Waals surface area contributed by atoms with Crippen molar-refractivity contribution in [1.29, 1.82) is 0 Å². The minimum absolute atomic E-state index is 0.369. The molecule has 1 atom stereocenters. The van der Waals surface area contributed by atoms with Crippen molar-refractivity contribution in [1.82, 2.24) is 0 Å². The van der Waals surface area contributed by atoms with Crippen LogP contribution in [0.15, 0.2) is 42.5 Å². The molecular weight excluding hydrogens is 289 g/mol. The summed E-state index contributed by atoms with van der Waals surface area (Å²) in [5.41, 5.74) is 9.56. The zero-order chi connectivity index (χ0) is 14.5. The normalized spacial score (nSPS) is 12.4. The summed E-state index contributed by atoms with van der Waals surface area (Å²) in [5.74, 6) is 0.369. The van der Waals surface area contributed by atoms with E-state index < -0.39 is 0 Å². The molecule has 3 heteroatoms. The van der Waals surface area contributed by atoms with E-state index >= 15 is 0 Å². The molecule has 2 rings (SSSR count). The van der Waals surface area contributed by atoms with Gasteiger partial charge >= 0.3 is 0 Å². The fraction of sp³-hybridized carbons (Fsp3) is 0.294. The molecule has 2 aromatic rings. The van der Waals surface area contributed by atoms with Crippen LogP contribution in [0.5, 0.6) is 0 Å². The Morgan fingerprint density at radius 3 is 2.35 bits per heavy atom. The van der Waals surface area contributed by atoms with E-state index in [1.54, 1.807) is 0 Å². The van der Waals surface area contributed by atoms with Crippen LogP contribution in [0.2, 0.25) is 10.0 Å². The number of benzene rings is 2. The molecule has 0 aliphatic rings. The van der Waals surface area contributed by atoms with Crippen LogP contribution in [0.1, 0.15) is 16.7 Å². The summed E-state index contributed by atoms with van der Waals surface area (Å²) in [6, 6.07) is 14.4. The van der Waals surface area contributed by atoms with Crippen LogP contribution in [0.4, 0.5) is 0 Å². The molecule has 0 heterocycles. The molecule has 0 radical (unpaired) electrons. The van der Waals surface area contributed by atoms with Gasteiger partial charge in [0.15, 0.2) is 0 Å². The molecule has 0 saturated heterocycles. The number of hydrogen-bond donors (Lipinski definition) is 1. The first kappa shape index (κ1) is 15.4.